The molecule has 0 bridgehead atoms. The van der Waals surface area contributed by atoms with Gasteiger partial charge in [0.2, 0.25) is 0 Å². The maximum Gasteiger partial charge on any atom is 0.276 e. The maximum absolute atomic E-state index is 14.3. The fraction of sp³-hybridized carbons (Fsp3) is 0.571. The molecule has 1 nitrogen and oxygen atoms in total. The molecule has 1 atom stereocenters. The first-order valence-corrected chi connectivity index (χ1v) is 6.26. The highest BCUT2D eigenvalue weighted by Gasteiger charge is 2.42. The highest BCUT2D eigenvalue weighted by molar-refractivity contribution is 5.21. The predicted molar refractivity (Wildman–Crippen MR) is 65.1 cm³/mol. The molecule has 0 saturated carbocycles. The lowest BCUT2D eigenvalue weighted by atomic mass is 9.80. The van der Waals surface area contributed by atoms with Crippen LogP contribution in [0.25, 0.3) is 0 Å². The molecule has 1 saturated heterocycles. The second-order valence-electron chi connectivity index (χ2n) is 4.87. The summed E-state index contributed by atoms with van der Waals surface area (Å²) in [4.78, 5) is 0. The fourth-order valence-electron chi connectivity index (χ4n) is 2.56. The summed E-state index contributed by atoms with van der Waals surface area (Å²) in [5, 5.41) is 3.22. The monoisotopic (exact) mass is 239 g/mol. The Balaban J connectivity index is 2.14. The fourth-order valence-corrected chi connectivity index (χ4v) is 2.56. The molecule has 1 aromatic carbocycles. The second-order valence-corrected chi connectivity index (χ2v) is 4.87. The van der Waals surface area contributed by atoms with Gasteiger partial charge in [0.05, 0.1) is 0 Å². The molecule has 3 heteroatoms. The van der Waals surface area contributed by atoms with Crippen LogP contribution in [0.1, 0.15) is 25.3 Å². The summed E-state index contributed by atoms with van der Waals surface area (Å²) in [7, 11) is 0. The van der Waals surface area contributed by atoms with Crippen molar-refractivity contribution >= 4 is 0 Å². The Kier molecular flexibility index (Phi) is 3.77. The Labute approximate surface area is 101 Å². The maximum atomic E-state index is 14.3. The van der Waals surface area contributed by atoms with Gasteiger partial charge in [0.15, 0.2) is 0 Å². The van der Waals surface area contributed by atoms with E-state index in [2.05, 4.69) is 5.32 Å². The van der Waals surface area contributed by atoms with Crippen molar-refractivity contribution in [2.45, 2.75) is 25.7 Å². The molecule has 1 unspecified atom stereocenters. The van der Waals surface area contributed by atoms with E-state index in [0.29, 0.717) is 0 Å². The van der Waals surface area contributed by atoms with E-state index in [-0.39, 0.29) is 11.5 Å². The summed E-state index contributed by atoms with van der Waals surface area (Å²) >= 11 is 0. The second kappa shape index (κ2) is 5.13. The van der Waals surface area contributed by atoms with Gasteiger partial charge >= 0.3 is 0 Å². The highest BCUT2D eigenvalue weighted by Crippen LogP contribution is 2.42. The van der Waals surface area contributed by atoms with Gasteiger partial charge in [-0.2, -0.15) is 0 Å². The van der Waals surface area contributed by atoms with E-state index in [4.69, 9.17) is 0 Å². The van der Waals surface area contributed by atoms with Gasteiger partial charge in [-0.15, -0.1) is 0 Å². The minimum atomic E-state index is -2.72. The number of benzene rings is 1. The van der Waals surface area contributed by atoms with E-state index in [1.807, 2.05) is 0 Å². The standard InChI is InChI=1S/C14H19F2N/c1-11(12-7-9-17-10-8-12)14(15,16)13-5-3-2-4-6-13/h2-6,11-12,17H,7-10H2,1H3. The van der Waals surface area contributed by atoms with Gasteiger partial charge < -0.3 is 5.32 Å². The zero-order valence-electron chi connectivity index (χ0n) is 10.1. The van der Waals surface area contributed by atoms with E-state index in [0.717, 1.165) is 25.9 Å². The summed E-state index contributed by atoms with van der Waals surface area (Å²) in [6, 6.07) is 8.18. The van der Waals surface area contributed by atoms with Crippen LogP contribution in [0.5, 0.6) is 0 Å². The number of alkyl halides is 2. The topological polar surface area (TPSA) is 12.0 Å². The van der Waals surface area contributed by atoms with Crippen LogP contribution < -0.4 is 5.32 Å². The van der Waals surface area contributed by atoms with Crippen LogP contribution in [0.3, 0.4) is 0 Å². The number of halogens is 2. The van der Waals surface area contributed by atoms with E-state index in [9.17, 15) is 8.78 Å². The van der Waals surface area contributed by atoms with Crippen LogP contribution >= 0.6 is 0 Å². The summed E-state index contributed by atoms with van der Waals surface area (Å²) in [6.07, 6.45) is 1.70. The van der Waals surface area contributed by atoms with Crippen molar-refractivity contribution < 1.29 is 8.78 Å². The lowest BCUT2D eigenvalue weighted by molar-refractivity contribution is -0.0841. The molecule has 1 aliphatic rings. The van der Waals surface area contributed by atoms with Crippen molar-refractivity contribution in [1.82, 2.24) is 5.32 Å². The highest BCUT2D eigenvalue weighted by atomic mass is 19.3. The molecule has 0 radical (unpaired) electrons. The van der Waals surface area contributed by atoms with Crippen LogP contribution in [0.4, 0.5) is 8.78 Å². The number of piperidine rings is 1. The van der Waals surface area contributed by atoms with Gasteiger partial charge in [-0.3, -0.25) is 0 Å². The molecule has 0 aromatic heterocycles. The molecule has 1 fully saturated rings. The van der Waals surface area contributed by atoms with Crippen LogP contribution in [0.2, 0.25) is 0 Å². The zero-order valence-corrected chi connectivity index (χ0v) is 10.1. The first-order chi connectivity index (χ1) is 8.12. The first kappa shape index (κ1) is 12.5. The molecule has 17 heavy (non-hydrogen) atoms. The number of hydrogen-bond acceptors (Lipinski definition) is 1. The lowest BCUT2D eigenvalue weighted by Gasteiger charge is -2.33. The molecule has 1 aliphatic heterocycles. The van der Waals surface area contributed by atoms with Gasteiger partial charge in [0, 0.05) is 11.5 Å². The van der Waals surface area contributed by atoms with E-state index in [1.54, 1.807) is 25.1 Å². The average molecular weight is 239 g/mol. The smallest absolute Gasteiger partial charge is 0.276 e. The van der Waals surface area contributed by atoms with Gasteiger partial charge in [-0.25, -0.2) is 8.78 Å². The first-order valence-electron chi connectivity index (χ1n) is 6.26. The minimum Gasteiger partial charge on any atom is -0.317 e. The van der Waals surface area contributed by atoms with E-state index in [1.165, 1.54) is 12.1 Å². The van der Waals surface area contributed by atoms with Gasteiger partial charge in [0.1, 0.15) is 0 Å². The van der Waals surface area contributed by atoms with Crippen molar-refractivity contribution in [3.63, 3.8) is 0 Å². The Morgan fingerprint density at radius 1 is 1.18 bits per heavy atom. The van der Waals surface area contributed by atoms with E-state index < -0.39 is 11.8 Å². The Bertz CT molecular complexity index is 344. The van der Waals surface area contributed by atoms with Crippen molar-refractivity contribution in [2.24, 2.45) is 11.8 Å². The molecule has 0 spiro atoms. The van der Waals surface area contributed by atoms with Crippen molar-refractivity contribution in [2.75, 3.05) is 13.1 Å². The van der Waals surface area contributed by atoms with Crippen molar-refractivity contribution in [3.8, 4) is 0 Å². The molecule has 2 rings (SSSR count). The largest absolute Gasteiger partial charge is 0.317 e. The Morgan fingerprint density at radius 3 is 2.35 bits per heavy atom. The molecule has 94 valence electrons. The molecule has 0 aliphatic carbocycles. The van der Waals surface area contributed by atoms with Crippen LogP contribution in [0, 0.1) is 11.8 Å². The summed E-state index contributed by atoms with van der Waals surface area (Å²) in [5.41, 5.74) is 0.144. The van der Waals surface area contributed by atoms with Crippen LogP contribution in [0.15, 0.2) is 30.3 Å². The summed E-state index contributed by atoms with van der Waals surface area (Å²) < 4.78 is 28.6. The summed E-state index contributed by atoms with van der Waals surface area (Å²) in [6.45, 7) is 3.41. The molecule has 0 amide bonds. The predicted octanol–water partition coefficient (Wildman–Crippen LogP) is 3.41. The molecule has 1 N–H and O–H groups in total. The van der Waals surface area contributed by atoms with Crippen LogP contribution in [-0.2, 0) is 5.92 Å². The normalized spacial score (nSPS) is 20.2. The third-order valence-electron chi connectivity index (χ3n) is 3.82. The third-order valence-corrected chi connectivity index (χ3v) is 3.82. The molecular formula is C14H19F2N. The Morgan fingerprint density at radius 2 is 1.76 bits per heavy atom. The van der Waals surface area contributed by atoms with Gasteiger partial charge in [-0.05, 0) is 31.8 Å². The van der Waals surface area contributed by atoms with E-state index >= 15 is 0 Å². The SMILES string of the molecule is CC(C1CCNCC1)C(F)(F)c1ccccc1. The number of hydrogen-bond donors (Lipinski definition) is 1. The van der Waals surface area contributed by atoms with Gasteiger partial charge in [-0.1, -0.05) is 37.3 Å². The average Bonchev–Trinajstić information content (AvgIpc) is 2.40. The molecule has 1 heterocycles. The van der Waals surface area contributed by atoms with Crippen LogP contribution in [-0.4, -0.2) is 13.1 Å². The number of nitrogens with one attached hydrogen (secondary N) is 1. The number of rotatable bonds is 3. The van der Waals surface area contributed by atoms with Crippen molar-refractivity contribution in [1.29, 1.82) is 0 Å². The minimum absolute atomic E-state index is 0.117. The molecular weight excluding hydrogens is 220 g/mol. The summed E-state index contributed by atoms with van der Waals surface area (Å²) in [5.74, 6) is -3.19. The molecule has 1 aromatic rings. The van der Waals surface area contributed by atoms with Crippen molar-refractivity contribution in [3.05, 3.63) is 35.9 Å². The quantitative estimate of drug-likeness (QED) is 0.852. The van der Waals surface area contributed by atoms with Gasteiger partial charge in [0.25, 0.3) is 5.92 Å². The zero-order chi connectivity index (χ0) is 12.3. The Hall–Kier alpha value is -0.960. The third kappa shape index (κ3) is 2.65. The lowest BCUT2D eigenvalue weighted by Crippen LogP contribution is -2.37.